The predicted octanol–water partition coefficient (Wildman–Crippen LogP) is 3.98. The Morgan fingerprint density at radius 1 is 1.00 bits per heavy atom. The fourth-order valence-electron chi connectivity index (χ4n) is 2.98. The lowest BCUT2D eigenvalue weighted by atomic mass is 9.88. The van der Waals surface area contributed by atoms with Gasteiger partial charge in [-0.1, -0.05) is 30.3 Å². The van der Waals surface area contributed by atoms with Crippen LogP contribution >= 0.6 is 0 Å². The zero-order chi connectivity index (χ0) is 13.9. The Balaban J connectivity index is 1.86. The molecule has 1 N–H and O–H groups in total. The number of halogens is 1. The van der Waals surface area contributed by atoms with Crippen molar-refractivity contribution >= 4 is 0 Å². The summed E-state index contributed by atoms with van der Waals surface area (Å²) in [5.41, 5.74) is 3.79. The Morgan fingerprint density at radius 3 is 2.35 bits per heavy atom. The molecule has 20 heavy (non-hydrogen) atoms. The Kier molecular flexibility index (Phi) is 3.83. The van der Waals surface area contributed by atoms with Gasteiger partial charge in [-0.05, 0) is 54.5 Å². The van der Waals surface area contributed by atoms with E-state index in [1.807, 2.05) is 36.4 Å². The molecule has 0 radical (unpaired) electrons. The molecule has 0 spiro atoms. The van der Waals surface area contributed by atoms with Crippen molar-refractivity contribution in [1.29, 1.82) is 0 Å². The quantitative estimate of drug-likeness (QED) is 0.894. The average Bonchev–Trinajstić information content (AvgIpc) is 2.47. The molecule has 0 fully saturated rings. The van der Waals surface area contributed by atoms with Crippen LogP contribution in [0.1, 0.15) is 41.2 Å². The first-order valence-electron chi connectivity index (χ1n) is 7.27. The lowest BCUT2D eigenvalue weighted by Gasteiger charge is -2.19. The van der Waals surface area contributed by atoms with E-state index in [1.165, 1.54) is 5.56 Å². The maximum absolute atomic E-state index is 14.2. The van der Waals surface area contributed by atoms with Crippen LogP contribution < -0.4 is 0 Å². The minimum absolute atomic E-state index is 0.269. The van der Waals surface area contributed by atoms with E-state index < -0.39 is 6.10 Å². The van der Waals surface area contributed by atoms with Crippen LogP contribution in [0, 0.1) is 5.82 Å². The van der Waals surface area contributed by atoms with Crippen molar-refractivity contribution in [1.82, 2.24) is 0 Å². The molecule has 1 unspecified atom stereocenters. The second-order valence-corrected chi connectivity index (χ2v) is 5.56. The van der Waals surface area contributed by atoms with Gasteiger partial charge in [0.25, 0.3) is 0 Å². The monoisotopic (exact) mass is 270 g/mol. The van der Waals surface area contributed by atoms with Gasteiger partial charge >= 0.3 is 0 Å². The molecule has 1 atom stereocenters. The minimum Gasteiger partial charge on any atom is -0.388 e. The maximum atomic E-state index is 14.2. The van der Waals surface area contributed by atoms with Crippen LogP contribution in [0.3, 0.4) is 0 Å². The van der Waals surface area contributed by atoms with Gasteiger partial charge in [0.2, 0.25) is 0 Å². The first-order valence-corrected chi connectivity index (χ1v) is 7.27. The van der Waals surface area contributed by atoms with E-state index in [4.69, 9.17) is 0 Å². The molecule has 2 aromatic rings. The van der Waals surface area contributed by atoms with Gasteiger partial charge in [0.05, 0.1) is 6.10 Å². The lowest BCUT2D eigenvalue weighted by molar-refractivity contribution is 0.173. The van der Waals surface area contributed by atoms with E-state index in [0.29, 0.717) is 12.0 Å². The van der Waals surface area contributed by atoms with Gasteiger partial charge < -0.3 is 5.11 Å². The molecule has 0 saturated carbocycles. The van der Waals surface area contributed by atoms with Crippen molar-refractivity contribution in [3.63, 3.8) is 0 Å². The Hall–Kier alpha value is -1.67. The van der Waals surface area contributed by atoms with Crippen LogP contribution in [-0.2, 0) is 19.3 Å². The van der Waals surface area contributed by atoms with Crippen molar-refractivity contribution in [3.8, 4) is 0 Å². The molecular formula is C18H19FO. The van der Waals surface area contributed by atoms with Crippen molar-refractivity contribution in [2.24, 2.45) is 0 Å². The van der Waals surface area contributed by atoms with E-state index >= 15 is 0 Å². The first kappa shape index (κ1) is 13.3. The minimum atomic E-state index is -0.773. The summed E-state index contributed by atoms with van der Waals surface area (Å²) in [6.07, 6.45) is 3.94. The van der Waals surface area contributed by atoms with Gasteiger partial charge in [-0.25, -0.2) is 4.39 Å². The van der Waals surface area contributed by atoms with Crippen LogP contribution in [-0.4, -0.2) is 5.11 Å². The third-order valence-electron chi connectivity index (χ3n) is 4.09. The summed E-state index contributed by atoms with van der Waals surface area (Å²) in [5.74, 6) is -0.269. The highest BCUT2D eigenvalue weighted by Crippen LogP contribution is 2.28. The molecular weight excluding hydrogens is 251 g/mol. The highest BCUT2D eigenvalue weighted by molar-refractivity contribution is 5.36. The van der Waals surface area contributed by atoms with Crippen LogP contribution in [0.4, 0.5) is 4.39 Å². The summed E-state index contributed by atoms with van der Waals surface area (Å²) in [7, 11) is 0. The third-order valence-corrected chi connectivity index (χ3v) is 4.09. The number of aliphatic hydroxyl groups excluding tert-OH is 1. The fraction of sp³-hybridized carbons (Fsp3) is 0.333. The zero-order valence-electron chi connectivity index (χ0n) is 11.5. The maximum Gasteiger partial charge on any atom is 0.129 e. The van der Waals surface area contributed by atoms with E-state index in [-0.39, 0.29) is 5.82 Å². The summed E-state index contributed by atoms with van der Waals surface area (Å²) in [5, 5.41) is 10.3. The highest BCUT2D eigenvalue weighted by Gasteiger charge is 2.18. The number of fused-ring (bicyclic) bond motifs is 1. The van der Waals surface area contributed by atoms with Crippen LogP contribution in [0.5, 0.6) is 0 Å². The molecule has 2 heteroatoms. The highest BCUT2D eigenvalue weighted by atomic mass is 19.1. The molecule has 0 aliphatic heterocycles. The summed E-state index contributed by atoms with van der Waals surface area (Å²) in [4.78, 5) is 0. The third kappa shape index (κ3) is 2.75. The standard InChI is InChI=1S/C18H19FO/c19-17-12-15-9-5-4-8-14(15)11-16(17)18(20)10-13-6-2-1-3-7-13/h1-3,6-7,11-12,18,20H,4-5,8-10H2. The van der Waals surface area contributed by atoms with E-state index in [2.05, 4.69) is 0 Å². The van der Waals surface area contributed by atoms with Gasteiger partial charge in [-0.15, -0.1) is 0 Å². The number of hydrogen-bond donors (Lipinski definition) is 1. The zero-order valence-corrected chi connectivity index (χ0v) is 11.5. The fourth-order valence-corrected chi connectivity index (χ4v) is 2.98. The van der Waals surface area contributed by atoms with Crippen LogP contribution in [0.15, 0.2) is 42.5 Å². The van der Waals surface area contributed by atoms with Crippen molar-refractivity contribution in [3.05, 3.63) is 70.5 Å². The smallest absolute Gasteiger partial charge is 0.129 e. The molecule has 1 nitrogen and oxygen atoms in total. The summed E-state index contributed by atoms with van der Waals surface area (Å²) in [6.45, 7) is 0. The number of benzene rings is 2. The molecule has 1 aliphatic carbocycles. The number of rotatable bonds is 3. The van der Waals surface area contributed by atoms with Crippen LogP contribution in [0.25, 0.3) is 0 Å². The molecule has 1 aliphatic rings. The van der Waals surface area contributed by atoms with E-state index in [1.54, 1.807) is 6.07 Å². The molecule has 0 heterocycles. The van der Waals surface area contributed by atoms with Crippen LogP contribution in [0.2, 0.25) is 0 Å². The molecule has 104 valence electrons. The summed E-state index contributed by atoms with van der Waals surface area (Å²) < 4.78 is 14.2. The normalized spacial score (nSPS) is 15.7. The topological polar surface area (TPSA) is 20.2 Å². The Bertz CT molecular complexity index is 592. The largest absolute Gasteiger partial charge is 0.388 e. The molecule has 3 rings (SSSR count). The predicted molar refractivity (Wildman–Crippen MR) is 78.1 cm³/mol. The van der Waals surface area contributed by atoms with E-state index in [0.717, 1.165) is 36.8 Å². The van der Waals surface area contributed by atoms with Crippen molar-refractivity contribution < 1.29 is 9.50 Å². The number of hydrogen-bond acceptors (Lipinski definition) is 1. The second kappa shape index (κ2) is 5.76. The van der Waals surface area contributed by atoms with Crippen molar-refractivity contribution in [2.45, 2.75) is 38.2 Å². The summed E-state index contributed by atoms with van der Waals surface area (Å²) >= 11 is 0. The van der Waals surface area contributed by atoms with Crippen molar-refractivity contribution in [2.75, 3.05) is 0 Å². The van der Waals surface area contributed by atoms with Gasteiger partial charge in [-0.3, -0.25) is 0 Å². The van der Waals surface area contributed by atoms with E-state index in [9.17, 15) is 9.50 Å². The molecule has 0 saturated heterocycles. The molecule has 2 aromatic carbocycles. The molecule has 0 amide bonds. The number of aryl methyl sites for hydroxylation is 2. The summed E-state index contributed by atoms with van der Waals surface area (Å²) in [6, 6.07) is 13.2. The first-order chi connectivity index (χ1) is 9.74. The average molecular weight is 270 g/mol. The SMILES string of the molecule is OC(Cc1ccccc1)c1cc2c(cc1F)CCCC2. The van der Waals surface area contributed by atoms with Gasteiger partial charge in [-0.2, -0.15) is 0 Å². The van der Waals surface area contributed by atoms with Gasteiger partial charge in [0.1, 0.15) is 5.82 Å². The molecule has 0 aromatic heterocycles. The lowest BCUT2D eigenvalue weighted by Crippen LogP contribution is -2.09. The van der Waals surface area contributed by atoms with Gasteiger partial charge in [0.15, 0.2) is 0 Å². The Labute approximate surface area is 119 Å². The number of aliphatic hydroxyl groups is 1. The van der Waals surface area contributed by atoms with Gasteiger partial charge in [0, 0.05) is 12.0 Å². The second-order valence-electron chi connectivity index (χ2n) is 5.56. The molecule has 0 bridgehead atoms. The Morgan fingerprint density at radius 2 is 1.65 bits per heavy atom.